The Bertz CT molecular complexity index is 766. The van der Waals surface area contributed by atoms with Crippen LogP contribution in [0.4, 0.5) is 0 Å². The van der Waals surface area contributed by atoms with Crippen LogP contribution >= 0.6 is 0 Å². The largest absolute Gasteiger partial charge is 0.312 e. The van der Waals surface area contributed by atoms with Crippen LogP contribution in [0.15, 0.2) is 6.20 Å². The van der Waals surface area contributed by atoms with Crippen LogP contribution in [0, 0.1) is 6.92 Å². The number of nitrogens with one attached hydrogen (secondary N) is 1. The Labute approximate surface area is 104 Å². The van der Waals surface area contributed by atoms with Gasteiger partial charge in [0.2, 0.25) is 0 Å². The lowest BCUT2D eigenvalue weighted by Gasteiger charge is -2.16. The first-order valence-electron chi connectivity index (χ1n) is 6.15. The van der Waals surface area contributed by atoms with Crippen molar-refractivity contribution in [2.24, 2.45) is 7.05 Å². The predicted octanol–water partition coefficient (Wildman–Crippen LogP) is 0.570. The maximum atomic E-state index is 4.68. The normalized spacial score (nSPS) is 15.4. The van der Waals surface area contributed by atoms with Gasteiger partial charge in [0.15, 0.2) is 11.3 Å². The van der Waals surface area contributed by atoms with Crippen molar-refractivity contribution in [2.45, 2.75) is 19.9 Å². The Morgan fingerprint density at radius 2 is 2.17 bits per heavy atom. The SMILES string of the molecule is Cc1nn(C)c2nn3c4c(cnc3c12)CNCC4. The molecule has 0 aliphatic carbocycles. The van der Waals surface area contributed by atoms with Gasteiger partial charge in [-0.3, -0.25) is 0 Å². The Kier molecular flexibility index (Phi) is 1.83. The van der Waals surface area contributed by atoms with Gasteiger partial charge < -0.3 is 5.32 Å². The first-order valence-corrected chi connectivity index (χ1v) is 6.15. The number of nitrogens with zero attached hydrogens (tertiary/aromatic N) is 5. The summed E-state index contributed by atoms with van der Waals surface area (Å²) in [7, 11) is 1.93. The van der Waals surface area contributed by atoms with E-state index in [4.69, 9.17) is 0 Å². The molecule has 0 spiro atoms. The van der Waals surface area contributed by atoms with Gasteiger partial charge in [-0.15, -0.1) is 5.10 Å². The maximum absolute atomic E-state index is 4.68. The summed E-state index contributed by atoms with van der Waals surface area (Å²) in [5.41, 5.74) is 5.34. The Morgan fingerprint density at radius 3 is 3.06 bits per heavy atom. The highest BCUT2D eigenvalue weighted by atomic mass is 15.4. The molecule has 0 amide bonds. The van der Waals surface area contributed by atoms with Gasteiger partial charge in [0, 0.05) is 38.3 Å². The Balaban J connectivity index is 2.18. The van der Waals surface area contributed by atoms with Crippen LogP contribution in [0.2, 0.25) is 0 Å². The fourth-order valence-electron chi connectivity index (χ4n) is 2.77. The van der Waals surface area contributed by atoms with E-state index >= 15 is 0 Å². The van der Waals surface area contributed by atoms with Gasteiger partial charge in [-0.2, -0.15) is 5.10 Å². The Morgan fingerprint density at radius 1 is 1.28 bits per heavy atom. The number of aromatic nitrogens is 5. The molecule has 0 saturated carbocycles. The molecule has 92 valence electrons. The van der Waals surface area contributed by atoms with Crippen molar-refractivity contribution in [1.29, 1.82) is 0 Å². The molecule has 1 aliphatic rings. The lowest BCUT2D eigenvalue weighted by Crippen LogP contribution is -2.26. The second-order valence-corrected chi connectivity index (χ2v) is 4.80. The van der Waals surface area contributed by atoms with E-state index in [0.717, 1.165) is 41.9 Å². The first kappa shape index (κ1) is 10.0. The van der Waals surface area contributed by atoms with Gasteiger partial charge in [0.05, 0.1) is 16.8 Å². The van der Waals surface area contributed by atoms with Crippen LogP contribution in [0.1, 0.15) is 17.0 Å². The summed E-state index contributed by atoms with van der Waals surface area (Å²) in [5.74, 6) is 0. The van der Waals surface area contributed by atoms with Crippen LogP contribution in [0.5, 0.6) is 0 Å². The Hall–Kier alpha value is -1.95. The van der Waals surface area contributed by atoms with Crippen molar-refractivity contribution in [1.82, 2.24) is 29.7 Å². The second-order valence-electron chi connectivity index (χ2n) is 4.80. The molecule has 0 aromatic carbocycles. The summed E-state index contributed by atoms with van der Waals surface area (Å²) in [4.78, 5) is 4.56. The molecule has 0 saturated heterocycles. The van der Waals surface area contributed by atoms with E-state index in [0.29, 0.717) is 0 Å². The third kappa shape index (κ3) is 1.13. The zero-order chi connectivity index (χ0) is 12.3. The van der Waals surface area contributed by atoms with Gasteiger partial charge in [-0.25, -0.2) is 14.2 Å². The number of hydrogen-bond donors (Lipinski definition) is 1. The molecule has 6 heteroatoms. The first-order chi connectivity index (χ1) is 8.75. The molecule has 1 aliphatic heterocycles. The van der Waals surface area contributed by atoms with Gasteiger partial charge in [-0.1, -0.05) is 0 Å². The molecule has 18 heavy (non-hydrogen) atoms. The standard InChI is InChI=1S/C12H14N6/c1-7-10-11-14-6-8-5-13-4-3-9(8)18(11)16-12(10)17(2)15-7/h6,13H,3-5H2,1-2H3. The average molecular weight is 242 g/mol. The maximum Gasteiger partial charge on any atom is 0.182 e. The predicted molar refractivity (Wildman–Crippen MR) is 67.4 cm³/mol. The molecule has 0 unspecified atom stereocenters. The van der Waals surface area contributed by atoms with Crippen molar-refractivity contribution in [3.05, 3.63) is 23.1 Å². The molecule has 0 atom stereocenters. The van der Waals surface area contributed by atoms with Crippen LogP contribution in [-0.2, 0) is 20.0 Å². The van der Waals surface area contributed by atoms with Crippen molar-refractivity contribution in [3.8, 4) is 0 Å². The molecule has 3 aromatic heterocycles. The van der Waals surface area contributed by atoms with E-state index < -0.39 is 0 Å². The summed E-state index contributed by atoms with van der Waals surface area (Å²) < 4.78 is 3.82. The van der Waals surface area contributed by atoms with Crippen LogP contribution < -0.4 is 5.32 Å². The van der Waals surface area contributed by atoms with Gasteiger partial charge in [0.1, 0.15) is 0 Å². The fourth-order valence-corrected chi connectivity index (χ4v) is 2.77. The molecule has 3 aromatic rings. The summed E-state index contributed by atoms with van der Waals surface area (Å²) in [6, 6.07) is 0. The van der Waals surface area contributed by atoms with Crippen LogP contribution in [-0.4, -0.2) is 30.9 Å². The molecular weight excluding hydrogens is 228 g/mol. The van der Waals surface area contributed by atoms with Crippen molar-refractivity contribution >= 4 is 16.7 Å². The molecule has 0 fully saturated rings. The number of aryl methyl sites for hydroxylation is 2. The number of rotatable bonds is 0. The van der Waals surface area contributed by atoms with Gasteiger partial charge in [0.25, 0.3) is 0 Å². The molecule has 6 nitrogen and oxygen atoms in total. The number of fused-ring (bicyclic) bond motifs is 5. The van der Waals surface area contributed by atoms with Gasteiger partial charge in [-0.05, 0) is 6.92 Å². The molecule has 4 rings (SSSR count). The van der Waals surface area contributed by atoms with E-state index in [1.54, 1.807) is 0 Å². The highest BCUT2D eigenvalue weighted by Crippen LogP contribution is 2.24. The van der Waals surface area contributed by atoms with E-state index in [2.05, 4.69) is 20.5 Å². The van der Waals surface area contributed by atoms with Crippen molar-refractivity contribution in [2.75, 3.05) is 6.54 Å². The zero-order valence-corrected chi connectivity index (χ0v) is 10.4. The van der Waals surface area contributed by atoms with Crippen molar-refractivity contribution in [3.63, 3.8) is 0 Å². The quantitative estimate of drug-likeness (QED) is 0.626. The average Bonchev–Trinajstić information content (AvgIpc) is 2.89. The third-order valence-corrected chi connectivity index (χ3v) is 3.63. The van der Waals surface area contributed by atoms with E-state index in [1.165, 1.54) is 11.3 Å². The lowest BCUT2D eigenvalue weighted by molar-refractivity contribution is 0.609. The van der Waals surface area contributed by atoms with E-state index in [-0.39, 0.29) is 0 Å². The lowest BCUT2D eigenvalue weighted by atomic mass is 10.1. The molecule has 4 heterocycles. The molecule has 1 N–H and O–H groups in total. The highest BCUT2D eigenvalue weighted by molar-refractivity contribution is 5.92. The fraction of sp³-hybridized carbons (Fsp3) is 0.417. The molecular formula is C12H14N6. The monoisotopic (exact) mass is 242 g/mol. The van der Waals surface area contributed by atoms with E-state index in [1.807, 2.05) is 29.4 Å². The molecule has 0 radical (unpaired) electrons. The van der Waals surface area contributed by atoms with Crippen molar-refractivity contribution < 1.29 is 0 Å². The zero-order valence-electron chi connectivity index (χ0n) is 10.4. The minimum atomic E-state index is 0.881. The summed E-state index contributed by atoms with van der Waals surface area (Å²) in [6.45, 7) is 3.89. The topological polar surface area (TPSA) is 60.0 Å². The van der Waals surface area contributed by atoms with Gasteiger partial charge >= 0.3 is 0 Å². The molecule has 0 bridgehead atoms. The summed E-state index contributed by atoms with van der Waals surface area (Å²) in [6.07, 6.45) is 2.96. The smallest absolute Gasteiger partial charge is 0.182 e. The minimum Gasteiger partial charge on any atom is -0.312 e. The highest BCUT2D eigenvalue weighted by Gasteiger charge is 2.19. The summed E-state index contributed by atoms with van der Waals surface area (Å²) in [5, 5.41) is 13.5. The minimum absolute atomic E-state index is 0.881. The van der Waals surface area contributed by atoms with Crippen LogP contribution in [0.3, 0.4) is 0 Å². The van der Waals surface area contributed by atoms with E-state index in [9.17, 15) is 0 Å². The summed E-state index contributed by atoms with van der Waals surface area (Å²) >= 11 is 0. The third-order valence-electron chi connectivity index (χ3n) is 3.63. The second kappa shape index (κ2) is 3.29. The number of hydrogen-bond acceptors (Lipinski definition) is 4. The van der Waals surface area contributed by atoms with Crippen LogP contribution in [0.25, 0.3) is 16.7 Å².